The molecule has 9 heteroatoms. The molecule has 0 aliphatic carbocycles. The fourth-order valence-corrected chi connectivity index (χ4v) is 4.32. The van der Waals surface area contributed by atoms with Gasteiger partial charge in [0.15, 0.2) is 5.78 Å². The number of benzene rings is 2. The van der Waals surface area contributed by atoms with Crippen LogP contribution in [0.3, 0.4) is 0 Å². The smallest absolute Gasteiger partial charge is 0.310 e. The third-order valence-corrected chi connectivity index (χ3v) is 6.62. The number of hydrogen-bond acceptors (Lipinski definition) is 6. The monoisotopic (exact) mass is 517 g/mol. The van der Waals surface area contributed by atoms with E-state index in [0.29, 0.717) is 33.4 Å². The minimum Gasteiger partial charge on any atom is -0.460 e. The van der Waals surface area contributed by atoms with Crippen molar-refractivity contribution in [1.82, 2.24) is 14.9 Å². The maximum absolute atomic E-state index is 12.8. The Labute approximate surface area is 197 Å². The molecule has 1 aromatic heterocycles. The molecule has 1 saturated heterocycles. The van der Waals surface area contributed by atoms with E-state index in [0.717, 1.165) is 5.56 Å². The largest absolute Gasteiger partial charge is 0.460 e. The lowest BCUT2D eigenvalue weighted by molar-refractivity contribution is -0.149. The topological polar surface area (TPSA) is 90.3 Å². The Morgan fingerprint density at radius 2 is 2.03 bits per heavy atom. The number of nitrogens with zero attached hydrogens (tertiary/aromatic N) is 2. The van der Waals surface area contributed by atoms with Gasteiger partial charge in [-0.25, -0.2) is 4.98 Å². The Morgan fingerprint density at radius 1 is 1.25 bits per heavy atom. The van der Waals surface area contributed by atoms with E-state index in [1.165, 1.54) is 17.0 Å². The summed E-state index contributed by atoms with van der Waals surface area (Å²) in [5.41, 5.74) is 1.05. The summed E-state index contributed by atoms with van der Waals surface area (Å²) in [5.74, 6) is -0.472. The second-order valence-corrected chi connectivity index (χ2v) is 9.01. The van der Waals surface area contributed by atoms with Gasteiger partial charge in [-0.05, 0) is 46.6 Å². The van der Waals surface area contributed by atoms with Crippen molar-refractivity contribution >= 4 is 50.2 Å². The van der Waals surface area contributed by atoms with Crippen molar-refractivity contribution in [2.24, 2.45) is 0 Å². The van der Waals surface area contributed by atoms with Gasteiger partial charge >= 0.3 is 5.97 Å². The molecule has 0 bridgehead atoms. The van der Waals surface area contributed by atoms with Gasteiger partial charge in [0.1, 0.15) is 6.10 Å². The summed E-state index contributed by atoms with van der Waals surface area (Å²) in [6.45, 7) is 0.546. The van der Waals surface area contributed by atoms with Crippen molar-refractivity contribution in [3.63, 3.8) is 0 Å². The van der Waals surface area contributed by atoms with E-state index in [1.807, 2.05) is 30.3 Å². The van der Waals surface area contributed by atoms with Gasteiger partial charge in [-0.3, -0.25) is 19.0 Å². The van der Waals surface area contributed by atoms with E-state index in [9.17, 15) is 14.4 Å². The lowest BCUT2D eigenvalue weighted by Gasteiger charge is -2.20. The molecule has 2 aromatic carbocycles. The molecular weight excluding hydrogens is 498 g/mol. The molecule has 1 aliphatic rings. The van der Waals surface area contributed by atoms with Crippen molar-refractivity contribution < 1.29 is 14.3 Å². The van der Waals surface area contributed by atoms with Crippen molar-refractivity contribution in [2.75, 3.05) is 6.54 Å². The molecule has 1 fully saturated rings. The number of ketones is 1. The number of esters is 1. The molecule has 0 radical (unpaired) electrons. The van der Waals surface area contributed by atoms with Crippen LogP contribution >= 0.6 is 27.5 Å². The van der Waals surface area contributed by atoms with E-state index >= 15 is 0 Å². The SMILES string of the molecule is O=C(C[C@@H]1NCC[C@H]1OC(=O)Cc1ccccc1)Cn1cnc2cc(Br)c(Cl)cc2c1=O. The van der Waals surface area contributed by atoms with Crippen LogP contribution in [0.5, 0.6) is 0 Å². The normalized spacial score (nSPS) is 18.1. The van der Waals surface area contributed by atoms with Gasteiger partial charge in [-0.2, -0.15) is 0 Å². The van der Waals surface area contributed by atoms with Gasteiger partial charge in [0.2, 0.25) is 0 Å². The second kappa shape index (κ2) is 9.94. The number of halogens is 2. The van der Waals surface area contributed by atoms with Crippen molar-refractivity contribution in [3.8, 4) is 0 Å². The first kappa shape index (κ1) is 22.6. The Morgan fingerprint density at radius 3 is 2.81 bits per heavy atom. The van der Waals surface area contributed by atoms with Crippen LogP contribution in [0, 0.1) is 0 Å². The molecule has 3 aromatic rings. The highest BCUT2D eigenvalue weighted by atomic mass is 79.9. The second-order valence-electron chi connectivity index (χ2n) is 7.74. The Bertz CT molecular complexity index is 1220. The number of Topliss-reactive ketones (excluding diaryl/α,β-unsaturated/α-hetero) is 1. The molecule has 0 amide bonds. The number of ether oxygens (including phenoxy) is 1. The number of rotatable bonds is 7. The average Bonchev–Trinajstić information content (AvgIpc) is 3.18. The summed E-state index contributed by atoms with van der Waals surface area (Å²) in [4.78, 5) is 42.0. The van der Waals surface area contributed by atoms with Gasteiger partial charge < -0.3 is 10.1 Å². The number of carbonyl (C=O) groups excluding carboxylic acids is 2. The first-order chi connectivity index (χ1) is 15.4. The van der Waals surface area contributed by atoms with E-state index in [4.69, 9.17) is 16.3 Å². The van der Waals surface area contributed by atoms with Crippen LogP contribution in [0.15, 0.2) is 58.1 Å². The third kappa shape index (κ3) is 5.26. The van der Waals surface area contributed by atoms with Crippen LogP contribution in [-0.2, 0) is 27.3 Å². The highest BCUT2D eigenvalue weighted by molar-refractivity contribution is 9.10. The maximum atomic E-state index is 12.8. The Balaban J connectivity index is 1.39. The number of carbonyl (C=O) groups is 2. The fourth-order valence-electron chi connectivity index (χ4n) is 3.83. The van der Waals surface area contributed by atoms with Crippen LogP contribution < -0.4 is 10.9 Å². The molecule has 4 rings (SSSR count). The van der Waals surface area contributed by atoms with Gasteiger partial charge in [0, 0.05) is 10.9 Å². The summed E-state index contributed by atoms with van der Waals surface area (Å²) in [6, 6.07) is 12.3. The van der Waals surface area contributed by atoms with Crippen molar-refractivity contribution in [2.45, 2.75) is 38.0 Å². The van der Waals surface area contributed by atoms with Crippen LogP contribution in [-0.4, -0.2) is 40.0 Å². The Hall–Kier alpha value is -2.55. The number of nitrogens with one attached hydrogen (secondary N) is 1. The van der Waals surface area contributed by atoms with Crippen molar-refractivity contribution in [1.29, 1.82) is 0 Å². The molecule has 2 heterocycles. The molecule has 1 N–H and O–H groups in total. The fraction of sp³-hybridized carbons (Fsp3) is 0.304. The first-order valence-corrected chi connectivity index (χ1v) is 11.4. The van der Waals surface area contributed by atoms with Crippen LogP contribution in [0.4, 0.5) is 0 Å². The summed E-state index contributed by atoms with van der Waals surface area (Å²) in [5, 5.41) is 3.97. The number of hydrogen-bond donors (Lipinski definition) is 1. The minimum absolute atomic E-state index is 0.113. The molecule has 1 aliphatic heterocycles. The molecule has 2 atom stereocenters. The molecule has 32 heavy (non-hydrogen) atoms. The summed E-state index contributed by atoms with van der Waals surface area (Å²) < 4.78 is 7.56. The first-order valence-electron chi connectivity index (χ1n) is 10.2. The molecule has 166 valence electrons. The lowest BCUT2D eigenvalue weighted by Crippen LogP contribution is -2.37. The summed E-state index contributed by atoms with van der Waals surface area (Å²) >= 11 is 9.41. The number of fused-ring (bicyclic) bond motifs is 1. The number of aromatic nitrogens is 2. The minimum atomic E-state index is -0.377. The average molecular weight is 519 g/mol. The summed E-state index contributed by atoms with van der Waals surface area (Å²) in [6.07, 6.45) is 1.97. The molecular formula is C23H21BrClN3O4. The molecule has 0 unspecified atom stereocenters. The van der Waals surface area contributed by atoms with Crippen LogP contribution in [0.2, 0.25) is 5.02 Å². The molecule has 7 nitrogen and oxygen atoms in total. The van der Waals surface area contributed by atoms with Gasteiger partial charge in [-0.15, -0.1) is 0 Å². The zero-order valence-corrected chi connectivity index (χ0v) is 19.4. The molecule has 0 saturated carbocycles. The van der Waals surface area contributed by atoms with Crippen LogP contribution in [0.1, 0.15) is 18.4 Å². The quantitative estimate of drug-likeness (QED) is 0.483. The van der Waals surface area contributed by atoms with E-state index in [-0.39, 0.29) is 48.8 Å². The zero-order valence-electron chi connectivity index (χ0n) is 17.1. The highest BCUT2D eigenvalue weighted by Gasteiger charge is 2.31. The van der Waals surface area contributed by atoms with Gasteiger partial charge in [0.05, 0.1) is 41.3 Å². The highest BCUT2D eigenvalue weighted by Crippen LogP contribution is 2.25. The predicted molar refractivity (Wildman–Crippen MR) is 125 cm³/mol. The van der Waals surface area contributed by atoms with Gasteiger partial charge in [-0.1, -0.05) is 41.9 Å². The summed E-state index contributed by atoms with van der Waals surface area (Å²) in [7, 11) is 0. The van der Waals surface area contributed by atoms with Gasteiger partial charge in [0.25, 0.3) is 5.56 Å². The van der Waals surface area contributed by atoms with E-state index in [2.05, 4.69) is 26.2 Å². The third-order valence-electron chi connectivity index (χ3n) is 5.42. The maximum Gasteiger partial charge on any atom is 0.310 e. The van der Waals surface area contributed by atoms with E-state index < -0.39 is 0 Å². The lowest BCUT2D eigenvalue weighted by atomic mass is 10.1. The predicted octanol–water partition coefficient (Wildman–Crippen LogP) is 3.29. The standard InChI is InChI=1S/C23H21BrClN3O4/c24-17-11-19-16(10-18(17)25)23(31)28(13-27-19)12-15(29)9-20-21(6-7-26-20)32-22(30)8-14-4-2-1-3-5-14/h1-5,10-11,13,20-21,26H,6-9,12H2/t20-,21+/m0/s1. The molecule has 0 spiro atoms. The van der Waals surface area contributed by atoms with Crippen LogP contribution in [0.25, 0.3) is 10.9 Å². The Kier molecular flexibility index (Phi) is 7.03. The zero-order chi connectivity index (χ0) is 22.7. The van der Waals surface area contributed by atoms with Crippen molar-refractivity contribution in [3.05, 3.63) is 74.2 Å². The van der Waals surface area contributed by atoms with E-state index in [1.54, 1.807) is 6.07 Å².